The summed E-state index contributed by atoms with van der Waals surface area (Å²) in [6, 6.07) is 3.35. The van der Waals surface area contributed by atoms with Crippen molar-refractivity contribution in [3.05, 3.63) is 22.7 Å². The molecule has 4 nitrogen and oxygen atoms in total. The van der Waals surface area contributed by atoms with E-state index in [9.17, 15) is 4.79 Å². The van der Waals surface area contributed by atoms with E-state index < -0.39 is 5.97 Å². The molecule has 1 fully saturated rings. The molecule has 0 unspecified atom stereocenters. The number of methoxy groups -OCH3 is 1. The summed E-state index contributed by atoms with van der Waals surface area (Å²) in [6.45, 7) is 0. The Morgan fingerprint density at radius 2 is 2.11 bits per heavy atom. The molecule has 0 heterocycles. The van der Waals surface area contributed by atoms with Crippen LogP contribution in [0.2, 0.25) is 5.02 Å². The van der Waals surface area contributed by atoms with Crippen LogP contribution in [0.15, 0.2) is 12.1 Å². The highest BCUT2D eigenvalue weighted by molar-refractivity contribution is 6.31. The van der Waals surface area contributed by atoms with Crippen LogP contribution in [-0.4, -0.2) is 24.3 Å². The molecule has 1 saturated carbocycles. The van der Waals surface area contributed by atoms with Crippen molar-refractivity contribution in [3.63, 3.8) is 0 Å². The fourth-order valence-electron chi connectivity index (χ4n) is 2.36. The average molecular weight is 285 g/mol. The summed E-state index contributed by atoms with van der Waals surface area (Å²) in [5.41, 5.74) is 0.486. The maximum Gasteiger partial charge on any atom is 0.308 e. The van der Waals surface area contributed by atoms with Gasteiger partial charge in [-0.2, -0.15) is 0 Å². The largest absolute Gasteiger partial charge is 0.493 e. The number of aliphatic carboxylic acids is 1. The molecule has 1 aromatic rings. The van der Waals surface area contributed by atoms with Gasteiger partial charge in [0.1, 0.15) is 0 Å². The Balaban J connectivity index is 2.34. The maximum atomic E-state index is 11.0. The molecule has 0 aliphatic heterocycles. The first kappa shape index (κ1) is 14.0. The van der Waals surface area contributed by atoms with Gasteiger partial charge in [0, 0.05) is 10.6 Å². The summed E-state index contributed by atoms with van der Waals surface area (Å²) in [7, 11) is 1.54. The van der Waals surface area contributed by atoms with Gasteiger partial charge in [0.2, 0.25) is 0 Å². The number of benzene rings is 1. The van der Waals surface area contributed by atoms with Crippen LogP contribution in [0, 0.1) is 0 Å². The standard InChI is InChI=1S/C14H17ClO4/c1-18-12-7-6-11(15)10(8-13(16)17)14(12)19-9-4-2-3-5-9/h6-7,9H,2-5,8H2,1H3,(H,16,17). The first-order valence-electron chi connectivity index (χ1n) is 6.35. The van der Waals surface area contributed by atoms with Crippen LogP contribution in [0.4, 0.5) is 0 Å². The van der Waals surface area contributed by atoms with Crippen molar-refractivity contribution in [2.45, 2.75) is 38.2 Å². The molecule has 0 saturated heterocycles. The predicted octanol–water partition coefficient (Wildman–Crippen LogP) is 3.30. The van der Waals surface area contributed by atoms with Gasteiger partial charge in [0.25, 0.3) is 0 Å². The third kappa shape index (κ3) is 3.32. The molecule has 0 atom stereocenters. The topological polar surface area (TPSA) is 55.8 Å². The molecule has 1 aliphatic rings. The van der Waals surface area contributed by atoms with E-state index in [1.807, 2.05) is 0 Å². The van der Waals surface area contributed by atoms with Gasteiger partial charge in [-0.05, 0) is 37.8 Å². The third-order valence-corrected chi connectivity index (χ3v) is 3.66. The van der Waals surface area contributed by atoms with Gasteiger partial charge in [0.05, 0.1) is 19.6 Å². The quantitative estimate of drug-likeness (QED) is 0.901. The Morgan fingerprint density at radius 1 is 1.42 bits per heavy atom. The van der Waals surface area contributed by atoms with E-state index in [2.05, 4.69) is 0 Å². The number of halogens is 1. The Labute approximate surface area is 117 Å². The van der Waals surface area contributed by atoms with E-state index in [0.29, 0.717) is 22.1 Å². The molecule has 19 heavy (non-hydrogen) atoms. The Morgan fingerprint density at radius 3 is 2.68 bits per heavy atom. The van der Waals surface area contributed by atoms with Crippen LogP contribution in [0.25, 0.3) is 0 Å². The van der Waals surface area contributed by atoms with Crippen molar-refractivity contribution in [2.24, 2.45) is 0 Å². The highest BCUT2D eigenvalue weighted by Gasteiger charge is 2.23. The van der Waals surface area contributed by atoms with Gasteiger partial charge in [-0.25, -0.2) is 0 Å². The molecule has 1 aromatic carbocycles. The number of carboxylic acids is 1. The summed E-state index contributed by atoms with van der Waals surface area (Å²) in [4.78, 5) is 11.0. The highest BCUT2D eigenvalue weighted by atomic mass is 35.5. The molecular weight excluding hydrogens is 268 g/mol. The maximum absolute atomic E-state index is 11.0. The van der Waals surface area contributed by atoms with Crippen LogP contribution in [0.5, 0.6) is 11.5 Å². The molecule has 0 bridgehead atoms. The van der Waals surface area contributed by atoms with Gasteiger partial charge in [-0.3, -0.25) is 4.79 Å². The van der Waals surface area contributed by atoms with Gasteiger partial charge in [0.15, 0.2) is 11.5 Å². The smallest absolute Gasteiger partial charge is 0.308 e. The number of hydrogen-bond acceptors (Lipinski definition) is 3. The zero-order valence-electron chi connectivity index (χ0n) is 10.8. The number of rotatable bonds is 5. The number of ether oxygens (including phenoxy) is 2. The second kappa shape index (κ2) is 6.15. The lowest BCUT2D eigenvalue weighted by atomic mass is 10.1. The molecular formula is C14H17ClO4. The van der Waals surface area contributed by atoms with E-state index in [1.165, 1.54) is 7.11 Å². The highest BCUT2D eigenvalue weighted by Crippen LogP contribution is 2.38. The second-order valence-corrected chi connectivity index (χ2v) is 5.06. The van der Waals surface area contributed by atoms with E-state index in [-0.39, 0.29) is 12.5 Å². The Hall–Kier alpha value is -1.42. The van der Waals surface area contributed by atoms with E-state index >= 15 is 0 Å². The molecule has 1 aliphatic carbocycles. The van der Waals surface area contributed by atoms with Crippen molar-refractivity contribution in [3.8, 4) is 11.5 Å². The first-order chi connectivity index (χ1) is 9.11. The fraction of sp³-hybridized carbons (Fsp3) is 0.500. The molecule has 1 N–H and O–H groups in total. The molecule has 0 spiro atoms. The monoisotopic (exact) mass is 284 g/mol. The average Bonchev–Trinajstić information content (AvgIpc) is 2.86. The number of carbonyl (C=O) groups is 1. The van der Waals surface area contributed by atoms with Gasteiger partial charge < -0.3 is 14.6 Å². The minimum Gasteiger partial charge on any atom is -0.493 e. The van der Waals surface area contributed by atoms with Crippen molar-refractivity contribution in [1.29, 1.82) is 0 Å². The Kier molecular flexibility index (Phi) is 4.53. The molecule has 0 amide bonds. The third-order valence-electron chi connectivity index (χ3n) is 3.30. The number of hydrogen-bond donors (Lipinski definition) is 1. The minimum absolute atomic E-state index is 0.125. The summed E-state index contributed by atoms with van der Waals surface area (Å²) in [5.74, 6) is 0.0725. The van der Waals surface area contributed by atoms with Crippen molar-refractivity contribution in [2.75, 3.05) is 7.11 Å². The van der Waals surface area contributed by atoms with Crippen LogP contribution in [0.1, 0.15) is 31.2 Å². The lowest BCUT2D eigenvalue weighted by Crippen LogP contribution is -2.14. The zero-order chi connectivity index (χ0) is 13.8. The van der Waals surface area contributed by atoms with E-state index in [0.717, 1.165) is 25.7 Å². The molecule has 104 valence electrons. The van der Waals surface area contributed by atoms with Crippen LogP contribution < -0.4 is 9.47 Å². The summed E-state index contributed by atoms with van der Waals surface area (Å²) in [6.07, 6.45) is 4.21. The Bertz CT molecular complexity index is 467. The SMILES string of the molecule is COc1ccc(Cl)c(CC(=O)O)c1OC1CCCC1. The van der Waals surface area contributed by atoms with Crippen molar-refractivity contribution in [1.82, 2.24) is 0 Å². The van der Waals surface area contributed by atoms with Gasteiger partial charge in [-0.1, -0.05) is 11.6 Å². The van der Waals surface area contributed by atoms with Crippen LogP contribution >= 0.6 is 11.6 Å². The summed E-state index contributed by atoms with van der Waals surface area (Å²) in [5, 5.41) is 9.38. The van der Waals surface area contributed by atoms with Crippen LogP contribution in [-0.2, 0) is 11.2 Å². The molecule has 5 heteroatoms. The van der Waals surface area contributed by atoms with Crippen LogP contribution in [0.3, 0.4) is 0 Å². The van der Waals surface area contributed by atoms with Crippen molar-refractivity contribution >= 4 is 17.6 Å². The van der Waals surface area contributed by atoms with Crippen molar-refractivity contribution < 1.29 is 19.4 Å². The lowest BCUT2D eigenvalue weighted by Gasteiger charge is -2.19. The molecule has 2 rings (SSSR count). The van der Waals surface area contributed by atoms with E-state index in [4.69, 9.17) is 26.2 Å². The zero-order valence-corrected chi connectivity index (χ0v) is 11.6. The lowest BCUT2D eigenvalue weighted by molar-refractivity contribution is -0.136. The van der Waals surface area contributed by atoms with E-state index in [1.54, 1.807) is 12.1 Å². The fourth-order valence-corrected chi connectivity index (χ4v) is 2.58. The second-order valence-electron chi connectivity index (χ2n) is 4.65. The summed E-state index contributed by atoms with van der Waals surface area (Å²) >= 11 is 6.09. The first-order valence-corrected chi connectivity index (χ1v) is 6.73. The number of carboxylic acid groups (broad SMARTS) is 1. The van der Waals surface area contributed by atoms with Gasteiger partial charge >= 0.3 is 5.97 Å². The van der Waals surface area contributed by atoms with Gasteiger partial charge in [-0.15, -0.1) is 0 Å². The summed E-state index contributed by atoms with van der Waals surface area (Å²) < 4.78 is 11.2. The normalized spacial score (nSPS) is 15.5. The molecule has 0 aromatic heterocycles. The molecule has 0 radical (unpaired) electrons. The predicted molar refractivity (Wildman–Crippen MR) is 72.2 cm³/mol. The minimum atomic E-state index is -0.938.